The molecule has 2 nitrogen and oxygen atoms in total. The summed E-state index contributed by atoms with van der Waals surface area (Å²) >= 11 is 0. The Morgan fingerprint density at radius 1 is 1.33 bits per heavy atom. The number of aryl methyl sites for hydroxylation is 1. The van der Waals surface area contributed by atoms with Crippen LogP contribution in [-0.2, 0) is 11.2 Å². The fraction of sp³-hybridized carbons (Fsp3) is 0.500. The van der Waals surface area contributed by atoms with Crippen molar-refractivity contribution in [1.29, 1.82) is 0 Å². The molecule has 0 aliphatic rings. The summed E-state index contributed by atoms with van der Waals surface area (Å²) in [5.74, 6) is -0.144. The SMILES string of the molecule is CNCCOCCc1ccc(F)c(C)c1. The Kier molecular flexibility index (Phi) is 5.29. The lowest BCUT2D eigenvalue weighted by molar-refractivity contribution is 0.140. The predicted octanol–water partition coefficient (Wildman–Crippen LogP) is 1.91. The molecule has 1 rings (SSSR count). The molecule has 0 heterocycles. The van der Waals surface area contributed by atoms with Gasteiger partial charge in [-0.3, -0.25) is 0 Å². The Bertz CT molecular complexity index is 302. The molecule has 0 saturated carbocycles. The van der Waals surface area contributed by atoms with Crippen LogP contribution in [0.25, 0.3) is 0 Å². The first kappa shape index (κ1) is 12.1. The zero-order chi connectivity index (χ0) is 11.1. The fourth-order valence-electron chi connectivity index (χ4n) is 1.33. The third kappa shape index (κ3) is 4.40. The van der Waals surface area contributed by atoms with E-state index in [0.717, 1.165) is 25.1 Å². The van der Waals surface area contributed by atoms with E-state index in [-0.39, 0.29) is 5.82 Å². The van der Waals surface area contributed by atoms with E-state index < -0.39 is 0 Å². The van der Waals surface area contributed by atoms with Gasteiger partial charge in [-0.2, -0.15) is 0 Å². The minimum absolute atomic E-state index is 0.144. The van der Waals surface area contributed by atoms with E-state index in [1.165, 1.54) is 6.07 Å². The molecule has 0 unspecified atom stereocenters. The molecular formula is C12H18FNO. The topological polar surface area (TPSA) is 21.3 Å². The summed E-state index contributed by atoms with van der Waals surface area (Å²) in [5.41, 5.74) is 1.82. The fourth-order valence-corrected chi connectivity index (χ4v) is 1.33. The van der Waals surface area contributed by atoms with Crippen LogP contribution in [0.15, 0.2) is 18.2 Å². The molecular weight excluding hydrogens is 193 g/mol. The van der Waals surface area contributed by atoms with Gasteiger partial charge in [-0.15, -0.1) is 0 Å². The van der Waals surface area contributed by atoms with Crippen LogP contribution in [0.1, 0.15) is 11.1 Å². The van der Waals surface area contributed by atoms with Crippen molar-refractivity contribution in [1.82, 2.24) is 5.32 Å². The average Bonchev–Trinajstić information content (AvgIpc) is 2.23. The Morgan fingerprint density at radius 2 is 2.13 bits per heavy atom. The van der Waals surface area contributed by atoms with Gasteiger partial charge in [0.25, 0.3) is 0 Å². The zero-order valence-corrected chi connectivity index (χ0v) is 9.35. The Morgan fingerprint density at radius 3 is 2.80 bits per heavy atom. The molecule has 0 bridgehead atoms. The van der Waals surface area contributed by atoms with Crippen molar-refractivity contribution < 1.29 is 9.13 Å². The van der Waals surface area contributed by atoms with Crippen LogP contribution >= 0.6 is 0 Å². The van der Waals surface area contributed by atoms with Crippen LogP contribution in [0.2, 0.25) is 0 Å². The van der Waals surface area contributed by atoms with Gasteiger partial charge >= 0.3 is 0 Å². The Labute approximate surface area is 90.4 Å². The van der Waals surface area contributed by atoms with Crippen molar-refractivity contribution in [2.75, 3.05) is 26.8 Å². The number of halogens is 1. The summed E-state index contributed by atoms with van der Waals surface area (Å²) < 4.78 is 18.3. The van der Waals surface area contributed by atoms with E-state index >= 15 is 0 Å². The van der Waals surface area contributed by atoms with Crippen LogP contribution in [0.5, 0.6) is 0 Å². The van der Waals surface area contributed by atoms with Gasteiger partial charge < -0.3 is 10.1 Å². The van der Waals surface area contributed by atoms with E-state index in [4.69, 9.17) is 4.74 Å². The van der Waals surface area contributed by atoms with E-state index in [0.29, 0.717) is 12.2 Å². The van der Waals surface area contributed by atoms with Crippen molar-refractivity contribution >= 4 is 0 Å². The van der Waals surface area contributed by atoms with Crippen molar-refractivity contribution in [2.45, 2.75) is 13.3 Å². The molecule has 0 aromatic heterocycles. The maximum absolute atomic E-state index is 12.9. The molecule has 1 N–H and O–H groups in total. The van der Waals surface area contributed by atoms with Crippen molar-refractivity contribution in [2.24, 2.45) is 0 Å². The molecule has 0 fully saturated rings. The largest absolute Gasteiger partial charge is 0.380 e. The number of benzene rings is 1. The highest BCUT2D eigenvalue weighted by Crippen LogP contribution is 2.09. The summed E-state index contributed by atoms with van der Waals surface area (Å²) in [6, 6.07) is 5.19. The standard InChI is InChI=1S/C12H18FNO/c1-10-9-11(3-4-12(10)13)5-7-15-8-6-14-2/h3-4,9,14H,5-8H2,1-2H3. The predicted molar refractivity (Wildman–Crippen MR) is 59.6 cm³/mol. The number of ether oxygens (including phenoxy) is 1. The Balaban J connectivity index is 2.28. The summed E-state index contributed by atoms with van der Waals surface area (Å²) in [7, 11) is 1.90. The van der Waals surface area contributed by atoms with Gasteiger partial charge in [0.1, 0.15) is 5.82 Å². The molecule has 1 aromatic carbocycles. The number of likely N-dealkylation sites (N-methyl/N-ethyl adjacent to an activating group) is 1. The average molecular weight is 211 g/mol. The van der Waals surface area contributed by atoms with Crippen molar-refractivity contribution in [3.05, 3.63) is 35.1 Å². The lowest BCUT2D eigenvalue weighted by Crippen LogP contribution is -2.15. The van der Waals surface area contributed by atoms with Crippen LogP contribution in [0.4, 0.5) is 4.39 Å². The lowest BCUT2D eigenvalue weighted by atomic mass is 10.1. The van der Waals surface area contributed by atoms with E-state index in [9.17, 15) is 4.39 Å². The normalized spacial score (nSPS) is 10.6. The maximum atomic E-state index is 12.9. The number of rotatable bonds is 6. The molecule has 84 valence electrons. The molecule has 15 heavy (non-hydrogen) atoms. The summed E-state index contributed by atoms with van der Waals surface area (Å²) in [6.45, 7) is 4.05. The first-order chi connectivity index (χ1) is 7.24. The van der Waals surface area contributed by atoms with E-state index in [1.54, 1.807) is 6.92 Å². The van der Waals surface area contributed by atoms with Gasteiger partial charge in [0.05, 0.1) is 13.2 Å². The van der Waals surface area contributed by atoms with Gasteiger partial charge in [0, 0.05) is 6.54 Å². The maximum Gasteiger partial charge on any atom is 0.126 e. The summed E-state index contributed by atoms with van der Waals surface area (Å²) in [6.07, 6.45) is 0.838. The van der Waals surface area contributed by atoms with Gasteiger partial charge in [0.15, 0.2) is 0 Å². The first-order valence-corrected chi connectivity index (χ1v) is 5.21. The lowest BCUT2D eigenvalue weighted by Gasteiger charge is -2.05. The third-order valence-corrected chi connectivity index (χ3v) is 2.25. The molecule has 0 amide bonds. The van der Waals surface area contributed by atoms with Gasteiger partial charge in [-0.1, -0.05) is 12.1 Å². The monoisotopic (exact) mass is 211 g/mol. The molecule has 0 saturated heterocycles. The third-order valence-electron chi connectivity index (χ3n) is 2.25. The number of hydrogen-bond acceptors (Lipinski definition) is 2. The minimum atomic E-state index is -0.144. The molecule has 0 aliphatic carbocycles. The quantitative estimate of drug-likeness (QED) is 0.726. The summed E-state index contributed by atoms with van der Waals surface area (Å²) in [4.78, 5) is 0. The van der Waals surface area contributed by atoms with Gasteiger partial charge in [-0.05, 0) is 37.6 Å². The number of hydrogen-bond donors (Lipinski definition) is 1. The highest BCUT2D eigenvalue weighted by atomic mass is 19.1. The zero-order valence-electron chi connectivity index (χ0n) is 9.35. The second-order valence-electron chi connectivity index (χ2n) is 3.55. The van der Waals surface area contributed by atoms with Gasteiger partial charge in [-0.25, -0.2) is 4.39 Å². The number of nitrogens with one attached hydrogen (secondary N) is 1. The highest BCUT2D eigenvalue weighted by molar-refractivity contribution is 5.23. The van der Waals surface area contributed by atoms with Crippen LogP contribution in [0, 0.1) is 12.7 Å². The smallest absolute Gasteiger partial charge is 0.126 e. The molecule has 0 aliphatic heterocycles. The molecule has 1 aromatic rings. The molecule has 3 heteroatoms. The van der Waals surface area contributed by atoms with Crippen LogP contribution < -0.4 is 5.32 Å². The minimum Gasteiger partial charge on any atom is -0.380 e. The van der Waals surface area contributed by atoms with Crippen LogP contribution in [0.3, 0.4) is 0 Å². The van der Waals surface area contributed by atoms with E-state index in [2.05, 4.69) is 5.32 Å². The first-order valence-electron chi connectivity index (χ1n) is 5.21. The molecule has 0 radical (unpaired) electrons. The van der Waals surface area contributed by atoms with Gasteiger partial charge in [0.2, 0.25) is 0 Å². The van der Waals surface area contributed by atoms with Crippen LogP contribution in [-0.4, -0.2) is 26.8 Å². The highest BCUT2D eigenvalue weighted by Gasteiger charge is 1.98. The Hall–Kier alpha value is -0.930. The second kappa shape index (κ2) is 6.53. The summed E-state index contributed by atoms with van der Waals surface area (Å²) in [5, 5.41) is 3.01. The second-order valence-corrected chi connectivity index (χ2v) is 3.55. The van der Waals surface area contributed by atoms with Crippen molar-refractivity contribution in [3.8, 4) is 0 Å². The molecule has 0 spiro atoms. The van der Waals surface area contributed by atoms with Crippen molar-refractivity contribution in [3.63, 3.8) is 0 Å². The van der Waals surface area contributed by atoms with E-state index in [1.807, 2.05) is 19.2 Å². The molecule has 0 atom stereocenters.